The van der Waals surface area contributed by atoms with Crippen LogP contribution >= 0.6 is 0 Å². The van der Waals surface area contributed by atoms with E-state index >= 15 is 0 Å². The van der Waals surface area contributed by atoms with E-state index < -0.39 is 0 Å². The monoisotopic (exact) mass is 218 g/mol. The minimum Gasteiger partial charge on any atom is -0.246 e. The zero-order valence-electron chi connectivity index (χ0n) is 10.1. The molecule has 1 aromatic heterocycles. The van der Waals surface area contributed by atoms with Crippen LogP contribution in [0.5, 0.6) is 0 Å². The van der Waals surface area contributed by atoms with Gasteiger partial charge in [-0.25, -0.2) is 4.68 Å². The maximum absolute atomic E-state index is 8.78. The molecule has 16 heavy (non-hydrogen) atoms. The van der Waals surface area contributed by atoms with Gasteiger partial charge in [0, 0.05) is 5.92 Å². The van der Waals surface area contributed by atoms with E-state index in [0.717, 1.165) is 5.69 Å². The van der Waals surface area contributed by atoms with E-state index in [-0.39, 0.29) is 0 Å². The van der Waals surface area contributed by atoms with Gasteiger partial charge in [-0.05, 0) is 25.7 Å². The molecule has 1 unspecified atom stereocenters. The van der Waals surface area contributed by atoms with E-state index in [4.69, 9.17) is 5.26 Å². The second-order valence-corrected chi connectivity index (χ2v) is 4.96. The van der Waals surface area contributed by atoms with Gasteiger partial charge in [0.25, 0.3) is 0 Å². The molecule has 2 rings (SSSR count). The molecule has 4 heteroatoms. The van der Waals surface area contributed by atoms with Crippen LogP contribution in [0.2, 0.25) is 0 Å². The summed E-state index contributed by atoms with van der Waals surface area (Å²) in [6, 6.07) is 2.53. The van der Waals surface area contributed by atoms with E-state index in [9.17, 15) is 0 Å². The summed E-state index contributed by atoms with van der Waals surface area (Å²) in [5, 5.41) is 17.2. The van der Waals surface area contributed by atoms with Crippen molar-refractivity contribution in [3.8, 4) is 6.07 Å². The molecule has 1 saturated carbocycles. The molecule has 0 amide bonds. The number of hydrogen-bond acceptors (Lipinski definition) is 3. The maximum Gasteiger partial charge on any atom is 0.100 e. The van der Waals surface area contributed by atoms with Crippen molar-refractivity contribution in [2.75, 3.05) is 0 Å². The van der Waals surface area contributed by atoms with Crippen LogP contribution < -0.4 is 0 Å². The van der Waals surface area contributed by atoms with Crippen molar-refractivity contribution in [2.45, 2.75) is 52.0 Å². The van der Waals surface area contributed by atoms with Crippen LogP contribution in [0, 0.1) is 17.2 Å². The van der Waals surface area contributed by atoms with E-state index in [1.165, 1.54) is 18.5 Å². The Morgan fingerprint density at radius 1 is 1.44 bits per heavy atom. The van der Waals surface area contributed by atoms with Gasteiger partial charge in [-0.1, -0.05) is 19.1 Å². The Labute approximate surface area is 96.3 Å². The molecule has 1 fully saturated rings. The largest absolute Gasteiger partial charge is 0.246 e. The maximum atomic E-state index is 8.78. The average molecular weight is 218 g/mol. The van der Waals surface area contributed by atoms with Gasteiger partial charge in [-0.15, -0.1) is 5.10 Å². The summed E-state index contributed by atoms with van der Waals surface area (Å²) in [7, 11) is 0. The van der Waals surface area contributed by atoms with Crippen molar-refractivity contribution >= 4 is 0 Å². The molecule has 1 aromatic rings. The average Bonchev–Trinajstić information content (AvgIpc) is 3.00. The molecule has 0 aromatic carbocycles. The van der Waals surface area contributed by atoms with Gasteiger partial charge in [-0.2, -0.15) is 5.26 Å². The number of nitrogens with zero attached hydrogens (tertiary/aromatic N) is 4. The lowest BCUT2D eigenvalue weighted by molar-refractivity contribution is 0.358. The molecule has 1 atom stereocenters. The van der Waals surface area contributed by atoms with Crippen LogP contribution in [-0.2, 0) is 6.42 Å². The van der Waals surface area contributed by atoms with E-state index in [2.05, 4.69) is 37.2 Å². The lowest BCUT2D eigenvalue weighted by Crippen LogP contribution is -2.16. The van der Waals surface area contributed by atoms with Crippen molar-refractivity contribution in [2.24, 2.45) is 5.92 Å². The highest BCUT2D eigenvalue weighted by atomic mass is 15.4. The molecule has 1 aliphatic rings. The predicted molar refractivity (Wildman–Crippen MR) is 60.9 cm³/mol. The van der Waals surface area contributed by atoms with Crippen molar-refractivity contribution in [3.63, 3.8) is 0 Å². The summed E-state index contributed by atoms with van der Waals surface area (Å²) in [6.45, 7) is 6.54. The van der Waals surface area contributed by atoms with Crippen LogP contribution in [-0.4, -0.2) is 15.0 Å². The lowest BCUT2D eigenvalue weighted by Gasteiger charge is -2.18. The van der Waals surface area contributed by atoms with Gasteiger partial charge in [-0.3, -0.25) is 0 Å². The normalized spacial score (nSPS) is 17.4. The zero-order valence-corrected chi connectivity index (χ0v) is 10.1. The fourth-order valence-corrected chi connectivity index (χ4v) is 1.90. The van der Waals surface area contributed by atoms with Crippen molar-refractivity contribution in [3.05, 3.63) is 11.4 Å². The Morgan fingerprint density at radius 3 is 2.62 bits per heavy atom. The summed E-state index contributed by atoms with van der Waals surface area (Å²) < 4.78 is 2.04. The van der Waals surface area contributed by atoms with Gasteiger partial charge < -0.3 is 0 Å². The fourth-order valence-electron chi connectivity index (χ4n) is 1.90. The van der Waals surface area contributed by atoms with Crippen molar-refractivity contribution in [1.29, 1.82) is 5.26 Å². The predicted octanol–water partition coefficient (Wildman–Crippen LogP) is 2.44. The molecule has 0 radical (unpaired) electrons. The standard InChI is InChI=1S/C12H18N4/c1-8(2)9(3)16-12(10-4-5-10)11(6-7-13)14-15-16/h8-10H,4-6H2,1-3H3. The first-order valence-corrected chi connectivity index (χ1v) is 5.96. The Morgan fingerprint density at radius 2 is 2.12 bits per heavy atom. The summed E-state index contributed by atoms with van der Waals surface area (Å²) in [5.74, 6) is 1.13. The number of nitriles is 1. The number of hydrogen-bond donors (Lipinski definition) is 0. The minimum absolute atomic E-state index is 0.357. The second kappa shape index (κ2) is 4.25. The summed E-state index contributed by atoms with van der Waals surface area (Å²) in [6.07, 6.45) is 2.82. The third-order valence-corrected chi connectivity index (χ3v) is 3.37. The zero-order chi connectivity index (χ0) is 11.7. The van der Waals surface area contributed by atoms with Crippen molar-refractivity contribution < 1.29 is 0 Å². The van der Waals surface area contributed by atoms with Crippen LogP contribution in [0.15, 0.2) is 0 Å². The topological polar surface area (TPSA) is 54.5 Å². The molecule has 1 aliphatic carbocycles. The molecule has 4 nitrogen and oxygen atoms in total. The molecular weight excluding hydrogens is 200 g/mol. The Kier molecular flexibility index (Phi) is 2.95. The highest BCUT2D eigenvalue weighted by Crippen LogP contribution is 2.42. The van der Waals surface area contributed by atoms with Crippen LogP contribution in [0.3, 0.4) is 0 Å². The van der Waals surface area contributed by atoms with Crippen LogP contribution in [0.4, 0.5) is 0 Å². The number of rotatable bonds is 4. The lowest BCUT2D eigenvalue weighted by atomic mass is 10.1. The second-order valence-electron chi connectivity index (χ2n) is 4.96. The number of aromatic nitrogens is 3. The molecule has 1 heterocycles. The molecule has 0 aliphatic heterocycles. The summed E-state index contributed by atoms with van der Waals surface area (Å²) >= 11 is 0. The first kappa shape index (κ1) is 11.1. The molecule has 0 N–H and O–H groups in total. The third kappa shape index (κ3) is 1.95. The quantitative estimate of drug-likeness (QED) is 0.780. The smallest absolute Gasteiger partial charge is 0.100 e. The van der Waals surface area contributed by atoms with Gasteiger partial charge >= 0.3 is 0 Å². The van der Waals surface area contributed by atoms with E-state index in [1.807, 2.05) is 4.68 Å². The fraction of sp³-hybridized carbons (Fsp3) is 0.750. The molecule has 86 valence electrons. The first-order chi connectivity index (χ1) is 7.65. The summed E-state index contributed by atoms with van der Waals surface area (Å²) in [4.78, 5) is 0. The Balaban J connectivity index is 2.34. The molecule has 0 bridgehead atoms. The molecule has 0 saturated heterocycles. The van der Waals surface area contributed by atoms with Gasteiger partial charge in [0.05, 0.1) is 24.2 Å². The SMILES string of the molecule is CC(C)C(C)n1nnc(CC#N)c1C1CC1. The molecule has 0 spiro atoms. The van der Waals surface area contributed by atoms with E-state index in [1.54, 1.807) is 0 Å². The Hall–Kier alpha value is -1.37. The van der Waals surface area contributed by atoms with E-state index in [0.29, 0.717) is 24.3 Å². The molecular formula is C12H18N4. The first-order valence-electron chi connectivity index (χ1n) is 5.96. The van der Waals surface area contributed by atoms with Crippen LogP contribution in [0.25, 0.3) is 0 Å². The van der Waals surface area contributed by atoms with Gasteiger partial charge in [0.15, 0.2) is 0 Å². The highest BCUT2D eigenvalue weighted by molar-refractivity contribution is 5.23. The minimum atomic E-state index is 0.357. The highest BCUT2D eigenvalue weighted by Gasteiger charge is 2.32. The Bertz CT molecular complexity index is 409. The van der Waals surface area contributed by atoms with Gasteiger partial charge in [0.1, 0.15) is 5.69 Å². The van der Waals surface area contributed by atoms with Crippen LogP contribution in [0.1, 0.15) is 57.0 Å². The third-order valence-electron chi connectivity index (χ3n) is 3.37. The summed E-state index contributed by atoms with van der Waals surface area (Å²) in [5.41, 5.74) is 2.10. The van der Waals surface area contributed by atoms with Gasteiger partial charge in [0.2, 0.25) is 0 Å². The van der Waals surface area contributed by atoms with Crippen molar-refractivity contribution in [1.82, 2.24) is 15.0 Å².